The van der Waals surface area contributed by atoms with Crippen molar-refractivity contribution in [2.24, 2.45) is 0 Å². The van der Waals surface area contributed by atoms with Crippen molar-refractivity contribution in [2.45, 2.75) is 46.2 Å². The Morgan fingerprint density at radius 1 is 1.08 bits per heavy atom. The molecule has 10 heteroatoms. The molecule has 2 aromatic rings. The van der Waals surface area contributed by atoms with Crippen LogP contribution in [0.4, 0.5) is 5.69 Å². The number of hydrogen-bond donors (Lipinski definition) is 1. The molecule has 1 atom stereocenters. The van der Waals surface area contributed by atoms with Crippen LogP contribution in [-0.2, 0) is 26.2 Å². The van der Waals surface area contributed by atoms with Crippen molar-refractivity contribution in [1.29, 1.82) is 0 Å². The van der Waals surface area contributed by atoms with E-state index in [0.717, 1.165) is 17.4 Å². The van der Waals surface area contributed by atoms with E-state index in [2.05, 4.69) is 5.32 Å². The molecule has 196 valence electrons. The van der Waals surface area contributed by atoms with Crippen LogP contribution in [0.3, 0.4) is 0 Å². The van der Waals surface area contributed by atoms with E-state index in [1.807, 2.05) is 38.1 Å². The first-order valence-corrected chi connectivity index (χ1v) is 13.9. The second-order valence-corrected chi connectivity index (χ2v) is 10.8. The number of ether oxygens (including phenoxy) is 2. The molecule has 0 saturated heterocycles. The summed E-state index contributed by atoms with van der Waals surface area (Å²) in [7, 11) is -3.61. The molecule has 1 aliphatic rings. The van der Waals surface area contributed by atoms with Crippen LogP contribution in [-0.4, -0.2) is 63.7 Å². The fraction of sp³-hybridized carbons (Fsp3) is 0.462. The second-order valence-electron chi connectivity index (χ2n) is 8.85. The minimum absolute atomic E-state index is 0.0894. The fourth-order valence-corrected chi connectivity index (χ4v) is 5.06. The second kappa shape index (κ2) is 12.1. The largest absolute Gasteiger partial charge is 0.486 e. The number of sulfonamides is 1. The van der Waals surface area contributed by atoms with Gasteiger partial charge in [-0.15, -0.1) is 0 Å². The molecule has 1 N–H and O–H groups in total. The van der Waals surface area contributed by atoms with E-state index in [0.29, 0.717) is 36.9 Å². The zero-order valence-electron chi connectivity index (χ0n) is 21.3. The number of benzene rings is 2. The number of anilines is 1. The zero-order valence-corrected chi connectivity index (χ0v) is 22.1. The van der Waals surface area contributed by atoms with Crippen LogP contribution < -0.4 is 19.1 Å². The summed E-state index contributed by atoms with van der Waals surface area (Å²) in [6, 6.07) is 12.1. The van der Waals surface area contributed by atoms with E-state index in [9.17, 15) is 18.0 Å². The third kappa shape index (κ3) is 7.13. The Morgan fingerprint density at radius 3 is 2.47 bits per heavy atom. The normalized spacial score (nSPS) is 13.6. The number of likely N-dealkylation sites (N-methyl/N-ethyl adjacent to an activating group) is 1. The van der Waals surface area contributed by atoms with Gasteiger partial charge in [0.25, 0.3) is 0 Å². The van der Waals surface area contributed by atoms with Gasteiger partial charge in [-0.05, 0) is 44.9 Å². The number of rotatable bonds is 11. The molecule has 0 spiro atoms. The van der Waals surface area contributed by atoms with Crippen LogP contribution in [0.5, 0.6) is 11.5 Å². The van der Waals surface area contributed by atoms with E-state index in [4.69, 9.17) is 9.47 Å². The van der Waals surface area contributed by atoms with E-state index >= 15 is 0 Å². The standard InChI is InChI=1S/C26H35N3O6S/c1-5-27-26(31)20(3)28(18-21-9-6-8-19(2)16-21)25(30)10-7-13-29(36(4,32)33)22-11-12-23-24(17-22)35-15-14-34-23/h6,8-9,11-12,16-17,20H,5,7,10,13-15,18H2,1-4H3,(H,27,31)/t20-/m0/s1. The number of carbonyl (C=O) groups is 2. The SMILES string of the molecule is CCNC(=O)[C@H](C)N(Cc1cccc(C)c1)C(=O)CCCN(c1ccc2c(c1)OCCO2)S(C)(=O)=O. The topological polar surface area (TPSA) is 105 Å². The monoisotopic (exact) mass is 517 g/mol. The van der Waals surface area contributed by atoms with Crippen LogP contribution in [0.1, 0.15) is 37.8 Å². The minimum atomic E-state index is -3.61. The van der Waals surface area contributed by atoms with Gasteiger partial charge < -0.3 is 19.7 Å². The summed E-state index contributed by atoms with van der Waals surface area (Å²) in [5, 5.41) is 2.78. The molecule has 0 bridgehead atoms. The number of amides is 2. The van der Waals surface area contributed by atoms with Gasteiger partial charge in [0.05, 0.1) is 11.9 Å². The highest BCUT2D eigenvalue weighted by molar-refractivity contribution is 7.92. The molecule has 9 nitrogen and oxygen atoms in total. The van der Waals surface area contributed by atoms with Crippen LogP contribution in [0.2, 0.25) is 0 Å². The van der Waals surface area contributed by atoms with Gasteiger partial charge in [0.1, 0.15) is 19.3 Å². The van der Waals surface area contributed by atoms with Crippen molar-refractivity contribution in [3.63, 3.8) is 0 Å². The Kier molecular flexibility index (Phi) is 9.19. The lowest BCUT2D eigenvalue weighted by Gasteiger charge is -2.29. The van der Waals surface area contributed by atoms with E-state index < -0.39 is 16.1 Å². The van der Waals surface area contributed by atoms with Crippen LogP contribution in [0.25, 0.3) is 0 Å². The smallest absolute Gasteiger partial charge is 0.242 e. The Hall–Kier alpha value is -3.27. The molecule has 3 rings (SSSR count). The zero-order chi connectivity index (χ0) is 26.3. The first kappa shape index (κ1) is 27.3. The molecule has 0 unspecified atom stereocenters. The Balaban J connectivity index is 1.73. The number of aryl methyl sites for hydroxylation is 1. The third-order valence-corrected chi connectivity index (χ3v) is 7.11. The van der Waals surface area contributed by atoms with Gasteiger partial charge in [-0.3, -0.25) is 13.9 Å². The molecular weight excluding hydrogens is 482 g/mol. The number of hydrogen-bond acceptors (Lipinski definition) is 6. The third-order valence-electron chi connectivity index (χ3n) is 5.92. The molecule has 1 aliphatic heterocycles. The average Bonchev–Trinajstić information content (AvgIpc) is 2.83. The summed E-state index contributed by atoms with van der Waals surface area (Å²) in [6.07, 6.45) is 1.51. The highest BCUT2D eigenvalue weighted by atomic mass is 32.2. The van der Waals surface area contributed by atoms with E-state index in [-0.39, 0.29) is 37.7 Å². The van der Waals surface area contributed by atoms with Crippen molar-refractivity contribution in [1.82, 2.24) is 10.2 Å². The maximum atomic E-state index is 13.3. The Morgan fingerprint density at radius 2 is 1.81 bits per heavy atom. The van der Waals surface area contributed by atoms with Crippen LogP contribution in [0, 0.1) is 6.92 Å². The van der Waals surface area contributed by atoms with Crippen molar-refractivity contribution in [3.8, 4) is 11.5 Å². The van der Waals surface area contributed by atoms with Gasteiger partial charge in [0, 0.05) is 32.1 Å². The van der Waals surface area contributed by atoms with Gasteiger partial charge in [0.15, 0.2) is 11.5 Å². The predicted molar refractivity (Wildman–Crippen MR) is 139 cm³/mol. The average molecular weight is 518 g/mol. The molecule has 2 amide bonds. The number of nitrogens with one attached hydrogen (secondary N) is 1. The van der Waals surface area contributed by atoms with Crippen molar-refractivity contribution < 1.29 is 27.5 Å². The summed E-state index contributed by atoms with van der Waals surface area (Å²) in [6.45, 7) is 7.21. The molecule has 0 fully saturated rings. The molecule has 36 heavy (non-hydrogen) atoms. The first-order valence-electron chi connectivity index (χ1n) is 12.1. The summed E-state index contributed by atoms with van der Waals surface area (Å²) in [5.74, 6) is 0.613. The van der Waals surface area contributed by atoms with Crippen LogP contribution >= 0.6 is 0 Å². The maximum absolute atomic E-state index is 13.3. The van der Waals surface area contributed by atoms with Gasteiger partial charge in [-0.1, -0.05) is 29.8 Å². The number of fused-ring (bicyclic) bond motifs is 1. The Labute approximate surface area is 213 Å². The molecule has 2 aromatic carbocycles. The van der Waals surface area contributed by atoms with Crippen molar-refractivity contribution >= 4 is 27.5 Å². The Bertz CT molecular complexity index is 1180. The van der Waals surface area contributed by atoms with Gasteiger partial charge >= 0.3 is 0 Å². The summed E-state index contributed by atoms with van der Waals surface area (Å²) >= 11 is 0. The predicted octanol–water partition coefficient (Wildman–Crippen LogP) is 2.87. The highest BCUT2D eigenvalue weighted by Gasteiger charge is 2.27. The van der Waals surface area contributed by atoms with Gasteiger partial charge in [0.2, 0.25) is 21.8 Å². The quantitative estimate of drug-likeness (QED) is 0.492. The number of carbonyl (C=O) groups excluding carboxylic acids is 2. The van der Waals surface area contributed by atoms with Crippen molar-refractivity contribution in [2.75, 3.05) is 36.9 Å². The van der Waals surface area contributed by atoms with Crippen molar-refractivity contribution in [3.05, 3.63) is 53.6 Å². The lowest BCUT2D eigenvalue weighted by atomic mass is 10.1. The van der Waals surface area contributed by atoms with Crippen LogP contribution in [0.15, 0.2) is 42.5 Å². The summed E-state index contributed by atoms with van der Waals surface area (Å²) in [4.78, 5) is 27.4. The highest BCUT2D eigenvalue weighted by Crippen LogP contribution is 2.34. The first-order chi connectivity index (χ1) is 17.1. The molecular formula is C26H35N3O6S. The maximum Gasteiger partial charge on any atom is 0.242 e. The van der Waals surface area contributed by atoms with E-state index in [1.165, 1.54) is 4.31 Å². The van der Waals surface area contributed by atoms with Gasteiger partial charge in [-0.25, -0.2) is 8.42 Å². The lowest BCUT2D eigenvalue weighted by molar-refractivity contribution is -0.140. The lowest BCUT2D eigenvalue weighted by Crippen LogP contribution is -2.47. The summed E-state index contributed by atoms with van der Waals surface area (Å²) < 4.78 is 37.5. The molecule has 1 heterocycles. The molecule has 0 saturated carbocycles. The molecule has 0 radical (unpaired) electrons. The minimum Gasteiger partial charge on any atom is -0.486 e. The molecule has 0 aromatic heterocycles. The summed E-state index contributed by atoms with van der Waals surface area (Å²) in [5.41, 5.74) is 2.43. The fourth-order valence-electron chi connectivity index (χ4n) is 4.10. The number of nitrogens with zero attached hydrogens (tertiary/aromatic N) is 2. The molecule has 0 aliphatic carbocycles. The van der Waals surface area contributed by atoms with Gasteiger partial charge in [-0.2, -0.15) is 0 Å². The van der Waals surface area contributed by atoms with E-state index in [1.54, 1.807) is 30.0 Å².